The Hall–Kier alpha value is -1.70. The van der Waals surface area contributed by atoms with Gasteiger partial charge >= 0.3 is 0 Å². The van der Waals surface area contributed by atoms with Crippen molar-refractivity contribution in [2.24, 2.45) is 11.8 Å². The smallest absolute Gasteiger partial charge is 0.227 e. The van der Waals surface area contributed by atoms with Crippen LogP contribution in [0.25, 0.3) is 0 Å². The molecule has 1 saturated heterocycles. The highest BCUT2D eigenvalue weighted by Gasteiger charge is 2.55. The van der Waals surface area contributed by atoms with Crippen molar-refractivity contribution in [2.75, 3.05) is 35.7 Å². The third-order valence-electron chi connectivity index (χ3n) is 9.22. The molecule has 8 heteroatoms. The van der Waals surface area contributed by atoms with Gasteiger partial charge in [-0.25, -0.2) is 4.98 Å². The van der Waals surface area contributed by atoms with Gasteiger partial charge < -0.3 is 15.3 Å². The van der Waals surface area contributed by atoms with Gasteiger partial charge in [-0.05, 0) is 80.4 Å². The summed E-state index contributed by atoms with van der Waals surface area (Å²) in [5.41, 5.74) is 2.09. The first-order chi connectivity index (χ1) is 16.5. The third kappa shape index (κ3) is 3.34. The highest BCUT2D eigenvalue weighted by atomic mass is 35.5. The van der Waals surface area contributed by atoms with Crippen LogP contribution in [0.2, 0.25) is 5.02 Å². The molecule has 4 fully saturated rings. The van der Waals surface area contributed by atoms with E-state index < -0.39 is 10.8 Å². The van der Waals surface area contributed by atoms with Crippen molar-refractivity contribution in [1.82, 2.24) is 9.97 Å². The minimum absolute atomic E-state index is 0.00439. The van der Waals surface area contributed by atoms with Gasteiger partial charge in [0.25, 0.3) is 0 Å². The van der Waals surface area contributed by atoms with Gasteiger partial charge in [0.2, 0.25) is 5.95 Å². The van der Waals surface area contributed by atoms with E-state index in [9.17, 15) is 9.32 Å². The zero-order valence-electron chi connectivity index (χ0n) is 19.3. The zero-order valence-corrected chi connectivity index (χ0v) is 20.9. The first kappa shape index (κ1) is 21.6. The lowest BCUT2D eigenvalue weighted by molar-refractivity contribution is 0.143. The summed E-state index contributed by atoms with van der Waals surface area (Å²) in [5, 5.41) is 14.4. The van der Waals surface area contributed by atoms with Gasteiger partial charge in [0.15, 0.2) is 0 Å². The highest BCUT2D eigenvalue weighted by Crippen LogP contribution is 2.56. The summed E-state index contributed by atoms with van der Waals surface area (Å²) >= 11 is 6.09. The Morgan fingerprint density at radius 1 is 1.09 bits per heavy atom. The second-order valence-electron chi connectivity index (χ2n) is 11.4. The topological polar surface area (TPSA) is 78.4 Å². The van der Waals surface area contributed by atoms with Crippen LogP contribution in [0.15, 0.2) is 29.2 Å². The Morgan fingerprint density at radius 2 is 1.79 bits per heavy atom. The first-order valence-electron chi connectivity index (χ1n) is 12.7. The standard InChI is InChI=1S/C26H31ClN4O2S/c27-20-4-2-16(3-5-20)17-10-18-12-31(13-19(18)11-17)24-28-22-21(34(33)15-25(22)8-9-25)23(29-24)30-26(14-32)6-1-7-26/h2-5,17-19,32H,1,6-15H2,(H,28,29,30)/t17?,18?,19?,34-/m1/s1. The molecule has 1 spiro atoms. The Kier molecular flexibility index (Phi) is 4.85. The summed E-state index contributed by atoms with van der Waals surface area (Å²) < 4.78 is 13.1. The molecule has 3 saturated carbocycles. The lowest BCUT2D eigenvalue weighted by atomic mass is 9.77. The predicted molar refractivity (Wildman–Crippen MR) is 134 cm³/mol. The van der Waals surface area contributed by atoms with E-state index in [1.165, 1.54) is 18.4 Å². The van der Waals surface area contributed by atoms with E-state index >= 15 is 0 Å². The maximum atomic E-state index is 13.1. The van der Waals surface area contributed by atoms with Crippen molar-refractivity contribution < 1.29 is 9.32 Å². The Morgan fingerprint density at radius 3 is 2.38 bits per heavy atom. The van der Waals surface area contributed by atoms with E-state index in [1.807, 2.05) is 12.1 Å². The van der Waals surface area contributed by atoms with Gasteiger partial charge in [0, 0.05) is 29.3 Å². The largest absolute Gasteiger partial charge is 0.394 e. The molecule has 0 bridgehead atoms. The summed E-state index contributed by atoms with van der Waals surface area (Å²) in [5.74, 6) is 4.08. The van der Waals surface area contributed by atoms with Crippen molar-refractivity contribution in [3.8, 4) is 0 Å². The number of halogens is 1. The van der Waals surface area contributed by atoms with E-state index in [1.54, 1.807) is 0 Å². The molecule has 3 aliphatic carbocycles. The predicted octanol–water partition coefficient (Wildman–Crippen LogP) is 4.24. The van der Waals surface area contributed by atoms with Crippen LogP contribution in [0.5, 0.6) is 0 Å². The van der Waals surface area contributed by atoms with Gasteiger partial charge in [-0.15, -0.1) is 0 Å². The molecule has 2 N–H and O–H groups in total. The molecule has 1 aromatic heterocycles. The molecule has 7 rings (SSSR count). The second kappa shape index (κ2) is 7.65. The normalized spacial score (nSPS) is 31.9. The molecule has 0 amide bonds. The summed E-state index contributed by atoms with van der Waals surface area (Å²) in [6.45, 7) is 2.04. The van der Waals surface area contributed by atoms with Crippen molar-refractivity contribution in [2.45, 2.75) is 66.7 Å². The van der Waals surface area contributed by atoms with Gasteiger partial charge in [0.1, 0.15) is 10.7 Å². The van der Waals surface area contributed by atoms with E-state index in [-0.39, 0.29) is 17.6 Å². The fraction of sp³-hybridized carbons (Fsp3) is 0.615. The molecule has 180 valence electrons. The number of hydrogen-bond acceptors (Lipinski definition) is 6. The summed E-state index contributed by atoms with van der Waals surface area (Å²) in [7, 11) is -1.07. The molecule has 3 heterocycles. The molecule has 5 aliphatic rings. The molecule has 2 unspecified atom stereocenters. The summed E-state index contributed by atoms with van der Waals surface area (Å²) in [6, 6.07) is 8.37. The van der Waals surface area contributed by atoms with Crippen LogP contribution in [-0.4, -0.2) is 50.3 Å². The number of aliphatic hydroxyl groups excluding tert-OH is 1. The third-order valence-corrected chi connectivity index (χ3v) is 11.1. The van der Waals surface area contributed by atoms with Crippen LogP contribution >= 0.6 is 11.6 Å². The summed E-state index contributed by atoms with van der Waals surface area (Å²) in [4.78, 5) is 13.2. The lowest BCUT2D eigenvalue weighted by Gasteiger charge is -2.41. The van der Waals surface area contributed by atoms with Crippen molar-refractivity contribution >= 4 is 34.2 Å². The van der Waals surface area contributed by atoms with Crippen LogP contribution < -0.4 is 10.2 Å². The number of fused-ring (bicyclic) bond motifs is 3. The van der Waals surface area contributed by atoms with Crippen LogP contribution in [0.4, 0.5) is 11.8 Å². The molecule has 3 atom stereocenters. The van der Waals surface area contributed by atoms with E-state index in [4.69, 9.17) is 21.6 Å². The Labute approximate surface area is 208 Å². The van der Waals surface area contributed by atoms with Gasteiger partial charge in [0.05, 0.1) is 28.6 Å². The SMILES string of the molecule is O=[S@@]1CC2(CC2)c2nc(N3CC4CC(c5ccc(Cl)cc5)CC4C3)nc(NC3(CO)CCC3)c21. The quantitative estimate of drug-likeness (QED) is 0.642. The number of aromatic nitrogens is 2. The minimum Gasteiger partial charge on any atom is -0.394 e. The maximum Gasteiger partial charge on any atom is 0.227 e. The fourth-order valence-corrected chi connectivity index (χ4v) is 8.80. The number of rotatable bonds is 5. The Bertz CT molecular complexity index is 1140. The molecule has 1 aromatic carbocycles. The fourth-order valence-electron chi connectivity index (χ4n) is 6.81. The highest BCUT2D eigenvalue weighted by molar-refractivity contribution is 7.85. The van der Waals surface area contributed by atoms with Crippen molar-refractivity contribution in [3.05, 3.63) is 40.5 Å². The average molecular weight is 499 g/mol. The van der Waals surface area contributed by atoms with E-state index in [0.717, 1.165) is 66.8 Å². The van der Waals surface area contributed by atoms with Gasteiger partial charge in [-0.1, -0.05) is 23.7 Å². The van der Waals surface area contributed by atoms with Crippen molar-refractivity contribution in [1.29, 1.82) is 0 Å². The molecule has 0 radical (unpaired) electrons. The number of anilines is 2. The molecular formula is C26H31ClN4O2S. The minimum atomic E-state index is -1.07. The van der Waals surface area contributed by atoms with Crippen LogP contribution in [-0.2, 0) is 16.2 Å². The maximum absolute atomic E-state index is 13.1. The number of benzene rings is 1. The Balaban J connectivity index is 1.16. The van der Waals surface area contributed by atoms with Crippen LogP contribution in [0.3, 0.4) is 0 Å². The number of nitrogens with zero attached hydrogens (tertiary/aromatic N) is 3. The van der Waals surface area contributed by atoms with Gasteiger partial charge in [-0.2, -0.15) is 4.98 Å². The number of hydrogen-bond donors (Lipinski definition) is 2. The first-order valence-corrected chi connectivity index (χ1v) is 14.4. The molecule has 2 aliphatic heterocycles. The van der Waals surface area contributed by atoms with Gasteiger partial charge in [-0.3, -0.25) is 4.21 Å². The molecular weight excluding hydrogens is 468 g/mol. The molecule has 2 aromatic rings. The average Bonchev–Trinajstić information content (AvgIpc) is 3.16. The lowest BCUT2D eigenvalue weighted by Crippen LogP contribution is -2.48. The monoisotopic (exact) mass is 498 g/mol. The van der Waals surface area contributed by atoms with E-state index in [2.05, 4.69) is 22.3 Å². The van der Waals surface area contributed by atoms with Crippen LogP contribution in [0.1, 0.15) is 62.1 Å². The number of nitrogens with one attached hydrogen (secondary N) is 1. The summed E-state index contributed by atoms with van der Waals surface area (Å²) in [6.07, 6.45) is 7.48. The number of aliphatic hydroxyl groups is 1. The molecule has 34 heavy (non-hydrogen) atoms. The zero-order chi connectivity index (χ0) is 23.1. The van der Waals surface area contributed by atoms with E-state index in [0.29, 0.717) is 29.3 Å². The van der Waals surface area contributed by atoms with Crippen LogP contribution in [0, 0.1) is 11.8 Å². The van der Waals surface area contributed by atoms with Crippen molar-refractivity contribution in [3.63, 3.8) is 0 Å². The molecule has 6 nitrogen and oxygen atoms in total. The second-order valence-corrected chi connectivity index (χ2v) is 13.2.